The highest BCUT2D eigenvalue weighted by molar-refractivity contribution is 6.40. The summed E-state index contributed by atoms with van der Waals surface area (Å²) >= 11 is 0. The topological polar surface area (TPSA) is 49.9 Å². The average Bonchev–Trinajstić information content (AvgIpc) is 2.48. The van der Waals surface area contributed by atoms with E-state index in [9.17, 15) is 9.59 Å². The first kappa shape index (κ1) is 14.5. The highest BCUT2D eigenvalue weighted by Crippen LogP contribution is 2.16. The second kappa shape index (κ2) is 6.52. The van der Waals surface area contributed by atoms with Crippen molar-refractivity contribution in [2.45, 2.75) is 13.8 Å². The van der Waals surface area contributed by atoms with Gasteiger partial charge in [-0.3, -0.25) is 9.59 Å². The molecule has 0 bridgehead atoms. The molecular weight excluding hydrogens is 256 g/mol. The van der Waals surface area contributed by atoms with Crippen LogP contribution in [0.15, 0.2) is 24.3 Å². The molecule has 5 nitrogen and oxygen atoms in total. The summed E-state index contributed by atoms with van der Waals surface area (Å²) in [6, 6.07) is 7.61. The lowest BCUT2D eigenvalue weighted by molar-refractivity contribution is -0.147. The maximum atomic E-state index is 12.4. The molecule has 108 valence electrons. The van der Waals surface area contributed by atoms with E-state index in [-0.39, 0.29) is 0 Å². The lowest BCUT2D eigenvalue weighted by Gasteiger charge is -2.29. The number of rotatable bonds is 2. The number of morpholine rings is 1. The summed E-state index contributed by atoms with van der Waals surface area (Å²) < 4.78 is 5.20. The lowest BCUT2D eigenvalue weighted by Crippen LogP contribution is -2.49. The Morgan fingerprint density at radius 1 is 1.30 bits per heavy atom. The zero-order valence-electron chi connectivity index (χ0n) is 12.0. The highest BCUT2D eigenvalue weighted by Gasteiger charge is 2.28. The molecule has 20 heavy (non-hydrogen) atoms. The van der Waals surface area contributed by atoms with Crippen molar-refractivity contribution in [3.63, 3.8) is 0 Å². The zero-order chi connectivity index (χ0) is 14.5. The summed E-state index contributed by atoms with van der Waals surface area (Å²) in [6.07, 6.45) is 0. The molecule has 1 aromatic rings. The van der Waals surface area contributed by atoms with Crippen molar-refractivity contribution >= 4 is 17.5 Å². The van der Waals surface area contributed by atoms with Crippen LogP contribution in [0, 0.1) is 6.92 Å². The first-order chi connectivity index (χ1) is 9.63. The third-order valence-corrected chi connectivity index (χ3v) is 3.36. The molecule has 1 aromatic carbocycles. The number of carbonyl (C=O) groups excluding carboxylic acids is 2. The van der Waals surface area contributed by atoms with Crippen molar-refractivity contribution in [1.29, 1.82) is 0 Å². The molecule has 0 spiro atoms. The smallest absolute Gasteiger partial charge is 0.316 e. The molecule has 1 aliphatic rings. The van der Waals surface area contributed by atoms with Crippen molar-refractivity contribution in [1.82, 2.24) is 4.90 Å². The Morgan fingerprint density at radius 2 is 2.00 bits per heavy atom. The quantitative estimate of drug-likeness (QED) is 0.763. The van der Waals surface area contributed by atoms with Gasteiger partial charge in [-0.25, -0.2) is 0 Å². The first-order valence-electron chi connectivity index (χ1n) is 6.88. The maximum Gasteiger partial charge on any atom is 0.316 e. The standard InChI is InChI=1S/C15H20N2O3/c1-3-17(13-6-4-5-12(2)11-13)15(19)14(18)16-7-9-20-10-8-16/h4-6,11H,3,7-10H2,1-2H3. The fourth-order valence-corrected chi connectivity index (χ4v) is 2.26. The van der Waals surface area contributed by atoms with Crippen molar-refractivity contribution < 1.29 is 14.3 Å². The van der Waals surface area contributed by atoms with Gasteiger partial charge in [0.1, 0.15) is 0 Å². The van der Waals surface area contributed by atoms with Gasteiger partial charge in [0.05, 0.1) is 13.2 Å². The molecule has 0 saturated carbocycles. The van der Waals surface area contributed by atoms with Crippen molar-refractivity contribution in [2.75, 3.05) is 37.7 Å². The summed E-state index contributed by atoms with van der Waals surface area (Å²) in [5.74, 6) is -0.920. The number of carbonyl (C=O) groups is 2. The van der Waals surface area contributed by atoms with Gasteiger partial charge in [0.15, 0.2) is 0 Å². The summed E-state index contributed by atoms with van der Waals surface area (Å²) in [6.45, 7) is 6.26. The van der Waals surface area contributed by atoms with E-state index < -0.39 is 11.8 Å². The largest absolute Gasteiger partial charge is 0.378 e. The van der Waals surface area contributed by atoms with E-state index >= 15 is 0 Å². The van der Waals surface area contributed by atoms with Gasteiger partial charge in [-0.2, -0.15) is 0 Å². The lowest BCUT2D eigenvalue weighted by atomic mass is 10.2. The van der Waals surface area contributed by atoms with E-state index in [1.807, 2.05) is 38.1 Å². The number of amides is 2. The molecule has 1 saturated heterocycles. The number of aryl methyl sites for hydroxylation is 1. The van der Waals surface area contributed by atoms with Gasteiger partial charge in [-0.05, 0) is 31.5 Å². The van der Waals surface area contributed by atoms with Crippen LogP contribution in [0.5, 0.6) is 0 Å². The Morgan fingerprint density at radius 3 is 2.60 bits per heavy atom. The number of anilines is 1. The van der Waals surface area contributed by atoms with Crippen LogP contribution in [0.4, 0.5) is 5.69 Å². The predicted octanol–water partition coefficient (Wildman–Crippen LogP) is 1.21. The fraction of sp³-hybridized carbons (Fsp3) is 0.467. The van der Waals surface area contributed by atoms with E-state index in [0.29, 0.717) is 32.8 Å². The second-order valence-electron chi connectivity index (χ2n) is 4.79. The molecule has 5 heteroatoms. The minimum absolute atomic E-state index is 0.448. The Hall–Kier alpha value is -1.88. The zero-order valence-corrected chi connectivity index (χ0v) is 12.0. The first-order valence-corrected chi connectivity index (χ1v) is 6.88. The van der Waals surface area contributed by atoms with Gasteiger partial charge in [0.25, 0.3) is 0 Å². The monoisotopic (exact) mass is 276 g/mol. The Labute approximate surface area is 119 Å². The number of nitrogens with zero attached hydrogens (tertiary/aromatic N) is 2. The Bertz CT molecular complexity index is 496. The number of likely N-dealkylation sites (N-methyl/N-ethyl adjacent to an activating group) is 1. The van der Waals surface area contributed by atoms with Crippen molar-refractivity contribution in [2.24, 2.45) is 0 Å². The van der Waals surface area contributed by atoms with Crippen LogP contribution >= 0.6 is 0 Å². The Kier molecular flexibility index (Phi) is 4.74. The molecule has 0 atom stereocenters. The van der Waals surface area contributed by atoms with Gasteiger partial charge in [-0.15, -0.1) is 0 Å². The van der Waals surface area contributed by atoms with Crippen molar-refractivity contribution in [3.8, 4) is 0 Å². The third kappa shape index (κ3) is 3.17. The van der Waals surface area contributed by atoms with E-state index in [0.717, 1.165) is 11.3 Å². The number of hydrogen-bond acceptors (Lipinski definition) is 3. The van der Waals surface area contributed by atoms with Crippen LogP contribution in [0.2, 0.25) is 0 Å². The van der Waals surface area contributed by atoms with Crippen LogP contribution in [-0.2, 0) is 14.3 Å². The van der Waals surface area contributed by atoms with Crippen LogP contribution in [0.25, 0.3) is 0 Å². The van der Waals surface area contributed by atoms with Gasteiger partial charge in [-0.1, -0.05) is 12.1 Å². The minimum atomic E-state index is -0.472. The second-order valence-corrected chi connectivity index (χ2v) is 4.79. The molecule has 2 amide bonds. The van der Waals surface area contributed by atoms with Crippen molar-refractivity contribution in [3.05, 3.63) is 29.8 Å². The van der Waals surface area contributed by atoms with Gasteiger partial charge < -0.3 is 14.5 Å². The molecule has 0 N–H and O–H groups in total. The molecule has 2 rings (SSSR count). The third-order valence-electron chi connectivity index (χ3n) is 3.36. The van der Waals surface area contributed by atoms with Crippen LogP contribution in [0.1, 0.15) is 12.5 Å². The SMILES string of the molecule is CCN(C(=O)C(=O)N1CCOCC1)c1cccc(C)c1. The van der Waals surface area contributed by atoms with Gasteiger partial charge in [0, 0.05) is 25.3 Å². The molecule has 0 radical (unpaired) electrons. The molecular formula is C15H20N2O3. The average molecular weight is 276 g/mol. The van der Waals surface area contributed by atoms with E-state index in [1.54, 1.807) is 4.90 Å². The van der Waals surface area contributed by atoms with E-state index in [1.165, 1.54) is 4.90 Å². The molecule has 1 fully saturated rings. The fourth-order valence-electron chi connectivity index (χ4n) is 2.26. The minimum Gasteiger partial charge on any atom is -0.378 e. The summed E-state index contributed by atoms with van der Waals surface area (Å²) in [5, 5.41) is 0. The van der Waals surface area contributed by atoms with Crippen LogP contribution < -0.4 is 4.90 Å². The van der Waals surface area contributed by atoms with Gasteiger partial charge in [0.2, 0.25) is 0 Å². The maximum absolute atomic E-state index is 12.4. The van der Waals surface area contributed by atoms with Crippen LogP contribution in [-0.4, -0.2) is 49.6 Å². The summed E-state index contributed by atoms with van der Waals surface area (Å²) in [7, 11) is 0. The molecule has 0 aromatic heterocycles. The normalized spacial score (nSPS) is 15.0. The van der Waals surface area contributed by atoms with Gasteiger partial charge >= 0.3 is 11.8 Å². The highest BCUT2D eigenvalue weighted by atomic mass is 16.5. The molecule has 0 aliphatic carbocycles. The summed E-state index contributed by atoms with van der Waals surface area (Å²) in [5.41, 5.74) is 1.83. The van der Waals surface area contributed by atoms with E-state index in [2.05, 4.69) is 0 Å². The Balaban J connectivity index is 2.14. The predicted molar refractivity (Wildman–Crippen MR) is 76.6 cm³/mol. The molecule has 1 heterocycles. The number of ether oxygens (including phenoxy) is 1. The summed E-state index contributed by atoms with van der Waals surface area (Å²) in [4.78, 5) is 27.7. The molecule has 0 unspecified atom stereocenters. The number of hydrogen-bond donors (Lipinski definition) is 0. The van der Waals surface area contributed by atoms with E-state index in [4.69, 9.17) is 4.74 Å². The number of benzene rings is 1. The van der Waals surface area contributed by atoms with Crippen LogP contribution in [0.3, 0.4) is 0 Å². The molecule has 1 aliphatic heterocycles.